The first-order valence-electron chi connectivity index (χ1n) is 8.86. The quantitative estimate of drug-likeness (QED) is 0.386. The Morgan fingerprint density at radius 2 is 1.59 bits per heavy atom. The van der Waals surface area contributed by atoms with Crippen LogP contribution in [-0.4, -0.2) is 26.3 Å². The molecule has 2 aromatic carbocycles. The van der Waals surface area contributed by atoms with Gasteiger partial charge in [0.15, 0.2) is 11.0 Å². The molecule has 0 bridgehead atoms. The number of benzene rings is 2. The van der Waals surface area contributed by atoms with Gasteiger partial charge in [-0.3, -0.25) is 0 Å². The number of thioether (sulfide) groups is 2. The molecule has 0 amide bonds. The molecule has 0 saturated heterocycles. The van der Waals surface area contributed by atoms with Crippen molar-refractivity contribution in [1.29, 1.82) is 0 Å². The van der Waals surface area contributed by atoms with Crippen molar-refractivity contribution >= 4 is 23.5 Å². The molecule has 27 heavy (non-hydrogen) atoms. The van der Waals surface area contributed by atoms with E-state index in [9.17, 15) is 4.39 Å². The zero-order valence-corrected chi connectivity index (χ0v) is 17.7. The first-order valence-corrected chi connectivity index (χ1v) is 10.8. The predicted molar refractivity (Wildman–Crippen MR) is 113 cm³/mol. The molecule has 142 valence electrons. The standard InChI is InChI=1S/C21H24FN3S2/c1-21(2,3)16-11-9-15(10-12-16)19-23-24-20(25(19)4)27-14-13-26-18-8-6-5-7-17(18)22/h5-12H,13-14H2,1-4H3. The molecule has 6 heteroatoms. The second-order valence-corrected chi connectivity index (χ2v) is 9.52. The van der Waals surface area contributed by atoms with Crippen LogP contribution in [0.5, 0.6) is 0 Å². The second-order valence-electron chi connectivity index (χ2n) is 7.32. The van der Waals surface area contributed by atoms with Gasteiger partial charge in [-0.15, -0.1) is 22.0 Å². The lowest BCUT2D eigenvalue weighted by atomic mass is 9.87. The SMILES string of the molecule is Cn1c(SCCSc2ccccc2F)nnc1-c1ccc(C(C)(C)C)cc1. The minimum atomic E-state index is -0.160. The monoisotopic (exact) mass is 401 g/mol. The summed E-state index contributed by atoms with van der Waals surface area (Å²) < 4.78 is 15.7. The summed E-state index contributed by atoms with van der Waals surface area (Å²) in [6.07, 6.45) is 0. The molecule has 0 N–H and O–H groups in total. The van der Waals surface area contributed by atoms with Crippen LogP contribution in [-0.2, 0) is 12.5 Å². The Labute approximate surface area is 168 Å². The van der Waals surface area contributed by atoms with Gasteiger partial charge in [0, 0.05) is 29.0 Å². The lowest BCUT2D eigenvalue weighted by Crippen LogP contribution is -2.10. The van der Waals surface area contributed by atoms with Crippen molar-refractivity contribution in [2.24, 2.45) is 7.05 Å². The van der Waals surface area contributed by atoms with Crippen molar-refractivity contribution in [2.45, 2.75) is 36.2 Å². The van der Waals surface area contributed by atoms with Gasteiger partial charge in [-0.2, -0.15) is 0 Å². The fourth-order valence-corrected chi connectivity index (χ4v) is 4.49. The van der Waals surface area contributed by atoms with E-state index >= 15 is 0 Å². The van der Waals surface area contributed by atoms with Gasteiger partial charge in [-0.05, 0) is 23.1 Å². The molecular weight excluding hydrogens is 377 g/mol. The molecule has 0 aliphatic rings. The van der Waals surface area contributed by atoms with Gasteiger partial charge >= 0.3 is 0 Å². The van der Waals surface area contributed by atoms with E-state index in [1.165, 1.54) is 23.4 Å². The Bertz CT molecular complexity index is 899. The van der Waals surface area contributed by atoms with Crippen molar-refractivity contribution in [3.8, 4) is 11.4 Å². The van der Waals surface area contributed by atoms with E-state index in [0.717, 1.165) is 28.0 Å². The maximum Gasteiger partial charge on any atom is 0.191 e. The highest BCUT2D eigenvalue weighted by Crippen LogP contribution is 2.28. The fraction of sp³-hybridized carbons (Fsp3) is 0.333. The summed E-state index contributed by atoms with van der Waals surface area (Å²) in [7, 11) is 1.99. The fourth-order valence-electron chi connectivity index (χ4n) is 2.66. The van der Waals surface area contributed by atoms with Gasteiger partial charge in [0.25, 0.3) is 0 Å². The Morgan fingerprint density at radius 3 is 2.26 bits per heavy atom. The van der Waals surface area contributed by atoms with Gasteiger partial charge in [0.05, 0.1) is 0 Å². The summed E-state index contributed by atoms with van der Waals surface area (Å²) in [5.41, 5.74) is 2.49. The van der Waals surface area contributed by atoms with Crippen molar-refractivity contribution in [2.75, 3.05) is 11.5 Å². The molecule has 3 aromatic rings. The smallest absolute Gasteiger partial charge is 0.191 e. The lowest BCUT2D eigenvalue weighted by molar-refractivity contribution is 0.590. The third-order valence-electron chi connectivity index (χ3n) is 4.25. The number of hydrogen-bond acceptors (Lipinski definition) is 4. The van der Waals surface area contributed by atoms with Crippen LogP contribution < -0.4 is 0 Å². The molecule has 1 aromatic heterocycles. The highest BCUT2D eigenvalue weighted by molar-refractivity contribution is 8.02. The summed E-state index contributed by atoms with van der Waals surface area (Å²) in [4.78, 5) is 0.690. The van der Waals surface area contributed by atoms with E-state index in [4.69, 9.17) is 0 Å². The van der Waals surface area contributed by atoms with Crippen molar-refractivity contribution in [3.05, 3.63) is 59.9 Å². The predicted octanol–water partition coefficient (Wildman–Crippen LogP) is 5.80. The van der Waals surface area contributed by atoms with Crippen LogP contribution in [0.4, 0.5) is 4.39 Å². The maximum atomic E-state index is 13.6. The van der Waals surface area contributed by atoms with E-state index in [1.54, 1.807) is 17.8 Å². The molecule has 1 heterocycles. The van der Waals surface area contributed by atoms with Crippen molar-refractivity contribution < 1.29 is 4.39 Å². The van der Waals surface area contributed by atoms with Gasteiger partial charge < -0.3 is 4.57 Å². The van der Waals surface area contributed by atoms with Crippen LogP contribution in [0.3, 0.4) is 0 Å². The zero-order valence-electron chi connectivity index (χ0n) is 16.1. The summed E-state index contributed by atoms with van der Waals surface area (Å²) in [5.74, 6) is 2.36. The van der Waals surface area contributed by atoms with Crippen LogP contribution in [0.25, 0.3) is 11.4 Å². The number of rotatable bonds is 6. The summed E-state index contributed by atoms with van der Waals surface area (Å²) in [6.45, 7) is 6.62. The topological polar surface area (TPSA) is 30.7 Å². The third kappa shape index (κ3) is 4.93. The van der Waals surface area contributed by atoms with Gasteiger partial charge in [0.2, 0.25) is 0 Å². The average Bonchev–Trinajstić information content (AvgIpc) is 3.00. The van der Waals surface area contributed by atoms with Crippen LogP contribution in [0.2, 0.25) is 0 Å². The summed E-state index contributed by atoms with van der Waals surface area (Å²) in [5, 5.41) is 9.55. The zero-order chi connectivity index (χ0) is 19.4. The normalized spacial score (nSPS) is 11.7. The lowest BCUT2D eigenvalue weighted by Gasteiger charge is -2.19. The Balaban J connectivity index is 1.61. The summed E-state index contributed by atoms with van der Waals surface area (Å²) >= 11 is 3.17. The second kappa shape index (κ2) is 8.48. The minimum Gasteiger partial charge on any atom is -0.305 e. The van der Waals surface area contributed by atoms with E-state index in [2.05, 4.69) is 55.2 Å². The Hall–Kier alpha value is -1.79. The van der Waals surface area contributed by atoms with Crippen molar-refractivity contribution in [3.63, 3.8) is 0 Å². The van der Waals surface area contributed by atoms with E-state index in [1.807, 2.05) is 23.7 Å². The summed E-state index contributed by atoms with van der Waals surface area (Å²) in [6, 6.07) is 15.4. The number of aromatic nitrogens is 3. The first-order chi connectivity index (χ1) is 12.9. The van der Waals surface area contributed by atoms with E-state index in [0.29, 0.717) is 4.90 Å². The van der Waals surface area contributed by atoms with E-state index in [-0.39, 0.29) is 11.2 Å². The number of nitrogens with zero attached hydrogens (tertiary/aromatic N) is 3. The number of hydrogen-bond donors (Lipinski definition) is 0. The molecule has 0 spiro atoms. The van der Waals surface area contributed by atoms with E-state index < -0.39 is 0 Å². The van der Waals surface area contributed by atoms with Gasteiger partial charge in [-0.25, -0.2) is 4.39 Å². The highest BCUT2D eigenvalue weighted by atomic mass is 32.2. The highest BCUT2D eigenvalue weighted by Gasteiger charge is 2.15. The molecular formula is C21H24FN3S2. The molecule has 0 radical (unpaired) electrons. The van der Waals surface area contributed by atoms with Crippen LogP contribution in [0.15, 0.2) is 58.6 Å². The maximum absolute atomic E-state index is 13.6. The van der Waals surface area contributed by atoms with Crippen LogP contribution >= 0.6 is 23.5 Å². The van der Waals surface area contributed by atoms with Crippen LogP contribution in [0, 0.1) is 5.82 Å². The van der Waals surface area contributed by atoms with Gasteiger partial charge in [-0.1, -0.05) is 68.9 Å². The Kier molecular flexibility index (Phi) is 6.27. The molecule has 0 atom stereocenters. The minimum absolute atomic E-state index is 0.134. The van der Waals surface area contributed by atoms with Gasteiger partial charge in [0.1, 0.15) is 5.82 Å². The molecule has 0 unspecified atom stereocenters. The van der Waals surface area contributed by atoms with Crippen LogP contribution in [0.1, 0.15) is 26.3 Å². The average molecular weight is 402 g/mol. The molecule has 0 fully saturated rings. The molecule has 3 rings (SSSR count). The number of halogens is 1. The first kappa shape index (κ1) is 20.0. The molecule has 0 saturated carbocycles. The van der Waals surface area contributed by atoms with Crippen molar-refractivity contribution in [1.82, 2.24) is 14.8 Å². The Morgan fingerprint density at radius 1 is 0.926 bits per heavy atom. The largest absolute Gasteiger partial charge is 0.305 e. The molecule has 3 nitrogen and oxygen atoms in total. The third-order valence-corrected chi connectivity index (χ3v) is 6.58. The molecule has 0 aliphatic heterocycles. The molecule has 0 aliphatic carbocycles.